The van der Waals surface area contributed by atoms with E-state index < -0.39 is 36.5 Å². The van der Waals surface area contributed by atoms with Crippen molar-refractivity contribution in [1.82, 2.24) is 10.2 Å². The van der Waals surface area contributed by atoms with Crippen LogP contribution in [0.15, 0.2) is 42.6 Å². The van der Waals surface area contributed by atoms with Crippen LogP contribution in [-0.2, 0) is 25.5 Å². The number of hydrogen-bond acceptors (Lipinski definition) is 5. The molecule has 0 heterocycles. The Balaban J connectivity index is 2.90. The number of hydrogen-bond donors (Lipinski definition) is 2. The molecule has 1 rings (SSSR count). The lowest BCUT2D eigenvalue weighted by molar-refractivity contribution is -0.147. The van der Waals surface area contributed by atoms with Crippen LogP contribution < -0.4 is 5.32 Å². The number of aryl methyl sites for hydroxylation is 1. The predicted molar refractivity (Wildman–Crippen MR) is 107 cm³/mol. The zero-order valence-electron chi connectivity index (χ0n) is 16.8. The van der Waals surface area contributed by atoms with Crippen LogP contribution >= 0.6 is 0 Å². The van der Waals surface area contributed by atoms with E-state index in [9.17, 15) is 14.4 Å². The maximum atomic E-state index is 12.8. The second-order valence-electron chi connectivity index (χ2n) is 6.30. The fraction of sp³-hybridized carbons (Fsp3) is 0.476. The van der Waals surface area contributed by atoms with Crippen molar-refractivity contribution >= 4 is 17.8 Å². The summed E-state index contributed by atoms with van der Waals surface area (Å²) in [6, 6.07) is 8.39. The molecule has 0 saturated heterocycles. The Morgan fingerprint density at radius 3 is 2.39 bits per heavy atom. The molecule has 0 aliphatic heterocycles. The lowest BCUT2D eigenvalue weighted by atomic mass is 10.0. The van der Waals surface area contributed by atoms with Gasteiger partial charge in [-0.2, -0.15) is 0 Å². The summed E-state index contributed by atoms with van der Waals surface area (Å²) in [4.78, 5) is 37.4. The number of carbonyl (C=O) groups is 3. The van der Waals surface area contributed by atoms with E-state index in [1.54, 1.807) is 19.9 Å². The maximum absolute atomic E-state index is 12.8. The van der Waals surface area contributed by atoms with Gasteiger partial charge in [-0.25, -0.2) is 0 Å². The Hall–Kier alpha value is -2.67. The quantitative estimate of drug-likeness (QED) is 0.532. The summed E-state index contributed by atoms with van der Waals surface area (Å²) >= 11 is 0. The van der Waals surface area contributed by atoms with Gasteiger partial charge in [0.1, 0.15) is 12.6 Å². The number of nitrogens with zero attached hydrogens (tertiary/aromatic N) is 1. The summed E-state index contributed by atoms with van der Waals surface area (Å²) in [7, 11) is 0. The van der Waals surface area contributed by atoms with E-state index in [0.717, 1.165) is 10.5 Å². The molecule has 1 amide bonds. The zero-order valence-corrected chi connectivity index (χ0v) is 16.8. The Morgan fingerprint density at radius 1 is 1.18 bits per heavy atom. The standard InChI is InChI=1S/C21H30N2O5/c1-4-14-23(15-19(24)25)20(26)17(5-2)22-18(21(27)28-6-3)13-12-16-10-8-7-9-11-16/h4,7-11,14,17-18,22H,5-6,12-13,15H2,1-3H3,(H,24,25)/b14-4+/t17-,18-/m0/s1. The molecule has 0 unspecified atom stereocenters. The van der Waals surface area contributed by atoms with Gasteiger partial charge in [-0.15, -0.1) is 0 Å². The number of carboxylic acids is 1. The first kappa shape index (κ1) is 23.4. The Kier molecular flexibility index (Phi) is 10.6. The molecule has 2 atom stereocenters. The summed E-state index contributed by atoms with van der Waals surface area (Å²) < 4.78 is 5.16. The van der Waals surface area contributed by atoms with Crippen LogP contribution in [0.25, 0.3) is 0 Å². The van der Waals surface area contributed by atoms with E-state index >= 15 is 0 Å². The zero-order chi connectivity index (χ0) is 20.9. The molecule has 0 radical (unpaired) electrons. The normalized spacial score (nSPS) is 13.1. The molecule has 1 aromatic rings. The molecular weight excluding hydrogens is 360 g/mol. The fourth-order valence-electron chi connectivity index (χ4n) is 2.80. The Labute approximate surface area is 166 Å². The number of allylic oxidation sites excluding steroid dienone is 1. The molecule has 0 saturated carbocycles. The minimum absolute atomic E-state index is 0.247. The molecule has 0 aliphatic rings. The van der Waals surface area contributed by atoms with Gasteiger partial charge in [0.05, 0.1) is 12.6 Å². The lowest BCUT2D eigenvalue weighted by Crippen LogP contribution is -2.52. The average molecular weight is 390 g/mol. The van der Waals surface area contributed by atoms with Crippen LogP contribution in [0.1, 0.15) is 39.2 Å². The van der Waals surface area contributed by atoms with E-state index in [-0.39, 0.29) is 6.61 Å². The van der Waals surface area contributed by atoms with Crippen molar-refractivity contribution in [2.45, 2.75) is 52.1 Å². The van der Waals surface area contributed by atoms with E-state index in [1.165, 1.54) is 6.20 Å². The van der Waals surface area contributed by atoms with Crippen molar-refractivity contribution < 1.29 is 24.2 Å². The third kappa shape index (κ3) is 7.92. The van der Waals surface area contributed by atoms with Crippen LogP contribution in [0.3, 0.4) is 0 Å². The first-order valence-electron chi connectivity index (χ1n) is 9.54. The number of rotatable bonds is 12. The van der Waals surface area contributed by atoms with Gasteiger partial charge in [0.2, 0.25) is 5.91 Å². The fourth-order valence-corrected chi connectivity index (χ4v) is 2.80. The number of benzene rings is 1. The molecule has 7 nitrogen and oxygen atoms in total. The highest BCUT2D eigenvalue weighted by Gasteiger charge is 2.29. The minimum Gasteiger partial charge on any atom is -0.480 e. The monoisotopic (exact) mass is 390 g/mol. The second-order valence-corrected chi connectivity index (χ2v) is 6.30. The molecule has 28 heavy (non-hydrogen) atoms. The molecular formula is C21H30N2O5. The predicted octanol–water partition coefficient (Wildman–Crippen LogP) is 2.37. The van der Waals surface area contributed by atoms with Gasteiger partial charge in [-0.3, -0.25) is 19.7 Å². The van der Waals surface area contributed by atoms with Gasteiger partial charge in [-0.05, 0) is 38.7 Å². The molecule has 0 fully saturated rings. The van der Waals surface area contributed by atoms with Crippen molar-refractivity contribution in [2.24, 2.45) is 0 Å². The second kappa shape index (κ2) is 12.7. The van der Waals surface area contributed by atoms with E-state index in [0.29, 0.717) is 19.3 Å². The number of carboxylic acid groups (broad SMARTS) is 1. The highest BCUT2D eigenvalue weighted by atomic mass is 16.5. The minimum atomic E-state index is -1.10. The van der Waals surface area contributed by atoms with Crippen molar-refractivity contribution in [2.75, 3.05) is 13.2 Å². The van der Waals surface area contributed by atoms with Crippen molar-refractivity contribution in [3.05, 3.63) is 48.2 Å². The first-order chi connectivity index (χ1) is 13.4. The lowest BCUT2D eigenvalue weighted by Gasteiger charge is -2.27. The summed E-state index contributed by atoms with van der Waals surface area (Å²) in [5.41, 5.74) is 1.08. The van der Waals surface area contributed by atoms with Gasteiger partial charge in [-0.1, -0.05) is 43.3 Å². The van der Waals surface area contributed by atoms with Crippen LogP contribution in [0.2, 0.25) is 0 Å². The maximum Gasteiger partial charge on any atom is 0.323 e. The number of amides is 1. The number of carbonyl (C=O) groups excluding carboxylic acids is 2. The Bertz CT molecular complexity index is 660. The summed E-state index contributed by atoms with van der Waals surface area (Å²) in [6.07, 6.45) is 4.56. The van der Waals surface area contributed by atoms with Crippen molar-refractivity contribution in [1.29, 1.82) is 0 Å². The molecule has 2 N–H and O–H groups in total. The van der Waals surface area contributed by atoms with Crippen LogP contribution in [0.5, 0.6) is 0 Å². The SMILES string of the molecule is C/C=C/N(CC(=O)O)C(=O)[C@H](CC)N[C@@H](CCc1ccccc1)C(=O)OCC. The third-order valence-electron chi connectivity index (χ3n) is 4.16. The number of nitrogens with one attached hydrogen (secondary N) is 1. The summed E-state index contributed by atoms with van der Waals surface area (Å²) in [5.74, 6) is -1.91. The summed E-state index contributed by atoms with van der Waals surface area (Å²) in [5, 5.41) is 12.1. The van der Waals surface area contributed by atoms with Crippen LogP contribution in [-0.4, -0.2) is 53.1 Å². The van der Waals surface area contributed by atoms with Crippen molar-refractivity contribution in [3.8, 4) is 0 Å². The molecule has 0 spiro atoms. The first-order valence-corrected chi connectivity index (χ1v) is 9.54. The molecule has 0 aromatic heterocycles. The Morgan fingerprint density at radius 2 is 1.86 bits per heavy atom. The van der Waals surface area contributed by atoms with Gasteiger partial charge in [0, 0.05) is 6.20 Å². The van der Waals surface area contributed by atoms with Crippen molar-refractivity contribution in [3.63, 3.8) is 0 Å². The van der Waals surface area contributed by atoms with E-state index in [1.807, 2.05) is 37.3 Å². The molecule has 0 aliphatic carbocycles. The smallest absolute Gasteiger partial charge is 0.323 e. The molecule has 1 aromatic carbocycles. The third-order valence-corrected chi connectivity index (χ3v) is 4.16. The topological polar surface area (TPSA) is 95.9 Å². The molecule has 154 valence electrons. The largest absolute Gasteiger partial charge is 0.480 e. The molecule has 0 bridgehead atoms. The highest BCUT2D eigenvalue weighted by molar-refractivity contribution is 5.87. The number of aliphatic carboxylic acids is 1. The van der Waals surface area contributed by atoms with Crippen LogP contribution in [0, 0.1) is 0 Å². The summed E-state index contributed by atoms with van der Waals surface area (Å²) in [6.45, 7) is 5.06. The van der Waals surface area contributed by atoms with Gasteiger partial charge in [0.25, 0.3) is 0 Å². The van der Waals surface area contributed by atoms with Gasteiger partial charge < -0.3 is 14.7 Å². The number of esters is 1. The highest BCUT2D eigenvalue weighted by Crippen LogP contribution is 2.10. The van der Waals surface area contributed by atoms with Gasteiger partial charge >= 0.3 is 11.9 Å². The van der Waals surface area contributed by atoms with E-state index in [4.69, 9.17) is 9.84 Å². The van der Waals surface area contributed by atoms with Gasteiger partial charge in [0.15, 0.2) is 0 Å². The van der Waals surface area contributed by atoms with Crippen LogP contribution in [0.4, 0.5) is 0 Å². The number of ether oxygens (including phenoxy) is 1. The molecule has 7 heteroatoms. The van der Waals surface area contributed by atoms with E-state index in [2.05, 4.69) is 5.32 Å². The average Bonchev–Trinajstić information content (AvgIpc) is 2.68.